The van der Waals surface area contributed by atoms with Crippen molar-refractivity contribution in [2.45, 2.75) is 32.4 Å². The molecule has 2 aromatic carbocycles. The van der Waals surface area contributed by atoms with Crippen LogP contribution in [0.4, 0.5) is 5.69 Å². The SMILES string of the molecule is CN(c1ccc(OCC(=O)NCc2ccc(CN3CCCCC3)cc2)cc1)S(C)(=O)=O. The Morgan fingerprint density at radius 3 is 2.23 bits per heavy atom. The summed E-state index contributed by atoms with van der Waals surface area (Å²) in [5.74, 6) is 0.289. The first kappa shape index (κ1) is 23.1. The van der Waals surface area contributed by atoms with Gasteiger partial charge < -0.3 is 10.1 Å². The fourth-order valence-corrected chi connectivity index (χ4v) is 3.99. The van der Waals surface area contributed by atoms with Gasteiger partial charge in [-0.3, -0.25) is 14.0 Å². The highest BCUT2D eigenvalue weighted by Gasteiger charge is 2.12. The quantitative estimate of drug-likeness (QED) is 0.642. The third kappa shape index (κ3) is 7.25. The number of benzene rings is 2. The summed E-state index contributed by atoms with van der Waals surface area (Å²) in [6.07, 6.45) is 5.05. The minimum Gasteiger partial charge on any atom is -0.484 e. The standard InChI is InChI=1S/C23H31N3O4S/c1-25(31(2,28)29)21-10-12-22(13-11-21)30-18-23(27)24-16-19-6-8-20(9-7-19)17-26-14-4-3-5-15-26/h6-13H,3-5,14-18H2,1-2H3,(H,24,27). The Morgan fingerprint density at radius 2 is 1.61 bits per heavy atom. The zero-order chi connectivity index (χ0) is 22.3. The number of piperidine rings is 1. The van der Waals surface area contributed by atoms with Crippen LogP contribution in [0, 0.1) is 0 Å². The first-order valence-corrected chi connectivity index (χ1v) is 12.4. The summed E-state index contributed by atoms with van der Waals surface area (Å²) >= 11 is 0. The van der Waals surface area contributed by atoms with E-state index in [1.54, 1.807) is 24.3 Å². The second kappa shape index (κ2) is 10.6. The Balaban J connectivity index is 1.41. The Morgan fingerprint density at radius 1 is 1.00 bits per heavy atom. The van der Waals surface area contributed by atoms with Gasteiger partial charge in [0, 0.05) is 20.1 Å². The molecule has 8 heteroatoms. The predicted octanol–water partition coefficient (Wildman–Crippen LogP) is 2.76. The first-order valence-electron chi connectivity index (χ1n) is 10.5. The third-order valence-electron chi connectivity index (χ3n) is 5.44. The van der Waals surface area contributed by atoms with Crippen LogP contribution in [-0.4, -0.2) is 52.2 Å². The van der Waals surface area contributed by atoms with Crippen molar-refractivity contribution in [2.24, 2.45) is 0 Å². The van der Waals surface area contributed by atoms with Crippen LogP contribution in [0.5, 0.6) is 5.75 Å². The second-order valence-electron chi connectivity index (χ2n) is 7.94. The lowest BCUT2D eigenvalue weighted by atomic mass is 10.1. The summed E-state index contributed by atoms with van der Waals surface area (Å²) in [5.41, 5.74) is 2.87. The fraction of sp³-hybridized carbons (Fsp3) is 0.435. The Bertz CT molecular complexity index is 953. The number of rotatable bonds is 9. The topological polar surface area (TPSA) is 79.0 Å². The molecule has 31 heavy (non-hydrogen) atoms. The molecule has 1 saturated heterocycles. The van der Waals surface area contributed by atoms with E-state index in [1.165, 1.54) is 49.3 Å². The lowest BCUT2D eigenvalue weighted by Gasteiger charge is -2.26. The summed E-state index contributed by atoms with van der Waals surface area (Å²) < 4.78 is 29.8. The number of ether oxygens (including phenoxy) is 1. The van der Waals surface area contributed by atoms with Crippen LogP contribution in [-0.2, 0) is 27.9 Å². The molecule has 168 valence electrons. The Hall–Kier alpha value is -2.58. The predicted molar refractivity (Wildman–Crippen MR) is 123 cm³/mol. The lowest BCUT2D eigenvalue weighted by Crippen LogP contribution is -2.29. The smallest absolute Gasteiger partial charge is 0.258 e. The van der Waals surface area contributed by atoms with E-state index in [2.05, 4.69) is 34.5 Å². The monoisotopic (exact) mass is 445 g/mol. The number of likely N-dealkylation sites (tertiary alicyclic amines) is 1. The molecule has 1 aliphatic heterocycles. The largest absolute Gasteiger partial charge is 0.484 e. The van der Waals surface area contributed by atoms with Gasteiger partial charge in [0.1, 0.15) is 5.75 Å². The van der Waals surface area contributed by atoms with Crippen LogP contribution in [0.1, 0.15) is 30.4 Å². The van der Waals surface area contributed by atoms with Gasteiger partial charge in [0.05, 0.1) is 11.9 Å². The molecule has 1 fully saturated rings. The van der Waals surface area contributed by atoms with Crippen LogP contribution in [0.25, 0.3) is 0 Å². The van der Waals surface area contributed by atoms with Crippen molar-refractivity contribution in [2.75, 3.05) is 37.3 Å². The number of nitrogens with zero attached hydrogens (tertiary/aromatic N) is 2. The fourth-order valence-electron chi connectivity index (χ4n) is 3.48. The van der Waals surface area contributed by atoms with Crippen molar-refractivity contribution in [1.29, 1.82) is 0 Å². The number of anilines is 1. The van der Waals surface area contributed by atoms with Crippen LogP contribution in [0.3, 0.4) is 0 Å². The van der Waals surface area contributed by atoms with E-state index in [-0.39, 0.29) is 12.5 Å². The van der Waals surface area contributed by atoms with Gasteiger partial charge in [0.2, 0.25) is 10.0 Å². The Labute approximate surface area is 185 Å². The first-order chi connectivity index (χ1) is 14.8. The van der Waals surface area contributed by atoms with Crippen LogP contribution in [0.15, 0.2) is 48.5 Å². The van der Waals surface area contributed by atoms with Gasteiger partial charge in [0.15, 0.2) is 6.61 Å². The molecule has 0 aromatic heterocycles. The van der Waals surface area contributed by atoms with E-state index in [0.717, 1.165) is 18.4 Å². The number of carbonyl (C=O) groups is 1. The van der Waals surface area contributed by atoms with E-state index in [4.69, 9.17) is 4.74 Å². The van der Waals surface area contributed by atoms with E-state index < -0.39 is 10.0 Å². The van der Waals surface area contributed by atoms with Crippen molar-refractivity contribution in [3.63, 3.8) is 0 Å². The molecule has 0 saturated carbocycles. The van der Waals surface area contributed by atoms with E-state index in [0.29, 0.717) is 18.0 Å². The minimum atomic E-state index is -3.31. The maximum atomic E-state index is 12.1. The molecule has 0 aliphatic carbocycles. The lowest BCUT2D eigenvalue weighted by molar-refractivity contribution is -0.123. The molecule has 1 aliphatic rings. The molecule has 0 radical (unpaired) electrons. The highest BCUT2D eigenvalue weighted by Crippen LogP contribution is 2.20. The molecule has 2 aromatic rings. The summed E-state index contributed by atoms with van der Waals surface area (Å²) in [7, 11) is -1.83. The zero-order valence-corrected chi connectivity index (χ0v) is 19.0. The average molecular weight is 446 g/mol. The summed E-state index contributed by atoms with van der Waals surface area (Å²) in [5, 5.41) is 2.86. The minimum absolute atomic E-state index is 0.103. The number of amides is 1. The Kier molecular flexibility index (Phi) is 7.92. The molecular weight excluding hydrogens is 414 g/mol. The molecule has 1 heterocycles. The van der Waals surface area contributed by atoms with Crippen LogP contribution in [0.2, 0.25) is 0 Å². The molecule has 0 bridgehead atoms. The summed E-state index contributed by atoms with van der Waals surface area (Å²) in [4.78, 5) is 14.6. The zero-order valence-electron chi connectivity index (χ0n) is 18.2. The summed E-state index contributed by atoms with van der Waals surface area (Å²) in [6.45, 7) is 3.68. The number of sulfonamides is 1. The number of hydrogen-bond acceptors (Lipinski definition) is 5. The van der Waals surface area contributed by atoms with Crippen molar-refractivity contribution in [3.05, 3.63) is 59.7 Å². The maximum absolute atomic E-state index is 12.1. The molecule has 1 N–H and O–H groups in total. The van der Waals surface area contributed by atoms with Gasteiger partial charge in [-0.15, -0.1) is 0 Å². The molecule has 0 spiro atoms. The summed E-state index contributed by atoms with van der Waals surface area (Å²) in [6, 6.07) is 14.9. The van der Waals surface area contributed by atoms with Crippen LogP contribution < -0.4 is 14.4 Å². The van der Waals surface area contributed by atoms with Crippen LogP contribution >= 0.6 is 0 Å². The van der Waals surface area contributed by atoms with E-state index >= 15 is 0 Å². The normalized spacial score (nSPS) is 14.8. The van der Waals surface area contributed by atoms with Gasteiger partial charge in [-0.25, -0.2) is 8.42 Å². The van der Waals surface area contributed by atoms with Gasteiger partial charge in [-0.05, 0) is 61.3 Å². The third-order valence-corrected chi connectivity index (χ3v) is 6.64. The molecule has 7 nitrogen and oxygen atoms in total. The van der Waals surface area contributed by atoms with Gasteiger partial charge in [0.25, 0.3) is 5.91 Å². The molecule has 0 unspecified atom stereocenters. The molecule has 3 rings (SSSR count). The van der Waals surface area contributed by atoms with E-state index in [1.807, 2.05) is 0 Å². The molecule has 1 amide bonds. The average Bonchev–Trinajstić information content (AvgIpc) is 2.77. The van der Waals surface area contributed by atoms with E-state index in [9.17, 15) is 13.2 Å². The second-order valence-corrected chi connectivity index (χ2v) is 9.96. The van der Waals surface area contributed by atoms with Gasteiger partial charge >= 0.3 is 0 Å². The number of nitrogens with one attached hydrogen (secondary N) is 1. The van der Waals surface area contributed by atoms with Crippen molar-refractivity contribution >= 4 is 21.6 Å². The van der Waals surface area contributed by atoms with Crippen molar-refractivity contribution < 1.29 is 17.9 Å². The highest BCUT2D eigenvalue weighted by atomic mass is 32.2. The van der Waals surface area contributed by atoms with Gasteiger partial charge in [-0.2, -0.15) is 0 Å². The molecule has 0 atom stereocenters. The number of carbonyl (C=O) groups excluding carboxylic acids is 1. The maximum Gasteiger partial charge on any atom is 0.258 e. The van der Waals surface area contributed by atoms with Crippen molar-refractivity contribution in [1.82, 2.24) is 10.2 Å². The van der Waals surface area contributed by atoms with Crippen molar-refractivity contribution in [3.8, 4) is 5.75 Å². The number of hydrogen-bond donors (Lipinski definition) is 1. The van der Waals surface area contributed by atoms with Gasteiger partial charge in [-0.1, -0.05) is 30.7 Å². The highest BCUT2D eigenvalue weighted by molar-refractivity contribution is 7.92. The molecular formula is C23H31N3O4S.